The van der Waals surface area contributed by atoms with Gasteiger partial charge in [0.25, 0.3) is 5.91 Å². The maximum absolute atomic E-state index is 13.2. The number of pyridine rings is 1. The Morgan fingerprint density at radius 1 is 0.871 bits per heavy atom. The van der Waals surface area contributed by atoms with Crippen LogP contribution >= 0.6 is 0 Å². The van der Waals surface area contributed by atoms with Crippen LogP contribution in [-0.2, 0) is 4.79 Å². The highest BCUT2D eigenvalue weighted by atomic mass is 19.1. The van der Waals surface area contributed by atoms with Gasteiger partial charge in [0.05, 0.1) is 0 Å². The van der Waals surface area contributed by atoms with Crippen LogP contribution in [-0.4, -0.2) is 52.8 Å². The molecule has 2 aromatic carbocycles. The average Bonchev–Trinajstić information content (AvgIpc) is 2.82. The van der Waals surface area contributed by atoms with Crippen molar-refractivity contribution in [2.45, 2.75) is 6.04 Å². The van der Waals surface area contributed by atoms with Gasteiger partial charge in [-0.3, -0.25) is 19.5 Å². The third-order valence-electron chi connectivity index (χ3n) is 5.37. The summed E-state index contributed by atoms with van der Waals surface area (Å²) >= 11 is 0. The summed E-state index contributed by atoms with van der Waals surface area (Å²) in [5.74, 6) is -0.576. The van der Waals surface area contributed by atoms with E-state index >= 15 is 0 Å². The van der Waals surface area contributed by atoms with Crippen LogP contribution < -0.4 is 5.32 Å². The van der Waals surface area contributed by atoms with Crippen molar-refractivity contribution in [1.29, 1.82) is 0 Å². The minimum absolute atomic E-state index is 0.0333. The summed E-state index contributed by atoms with van der Waals surface area (Å²) in [7, 11) is 0. The zero-order valence-corrected chi connectivity index (χ0v) is 16.9. The maximum atomic E-state index is 13.2. The second-order valence-corrected chi connectivity index (χ2v) is 7.37. The molecule has 158 valence electrons. The predicted molar refractivity (Wildman–Crippen MR) is 116 cm³/mol. The highest BCUT2D eigenvalue weighted by molar-refractivity contribution is 5.96. The molecule has 0 unspecified atom stereocenters. The Balaban J connectivity index is 1.48. The summed E-state index contributed by atoms with van der Waals surface area (Å²) in [6.45, 7) is 2.17. The molecule has 2 amide bonds. The SMILES string of the molecule is O=C(Nc1ccc(F)cc1)[C@H](c1ccccc1)N1CCN(C(=O)c2ccncc2)CC1. The van der Waals surface area contributed by atoms with Gasteiger partial charge in [-0.1, -0.05) is 30.3 Å². The fourth-order valence-electron chi connectivity index (χ4n) is 3.77. The molecule has 6 nitrogen and oxygen atoms in total. The Bertz CT molecular complexity index is 1020. The van der Waals surface area contributed by atoms with Crippen molar-refractivity contribution in [3.63, 3.8) is 0 Å². The van der Waals surface area contributed by atoms with Gasteiger partial charge in [-0.15, -0.1) is 0 Å². The van der Waals surface area contributed by atoms with E-state index in [2.05, 4.69) is 15.2 Å². The van der Waals surface area contributed by atoms with Gasteiger partial charge in [0, 0.05) is 49.8 Å². The average molecular weight is 418 g/mol. The van der Waals surface area contributed by atoms with E-state index in [1.54, 1.807) is 41.6 Å². The van der Waals surface area contributed by atoms with E-state index in [4.69, 9.17) is 0 Å². The van der Waals surface area contributed by atoms with Gasteiger partial charge in [0.2, 0.25) is 5.91 Å². The third-order valence-corrected chi connectivity index (χ3v) is 5.37. The van der Waals surface area contributed by atoms with Crippen LogP contribution in [0, 0.1) is 5.82 Å². The van der Waals surface area contributed by atoms with Crippen molar-refractivity contribution in [2.75, 3.05) is 31.5 Å². The number of benzene rings is 2. The van der Waals surface area contributed by atoms with E-state index in [1.807, 2.05) is 30.3 Å². The molecule has 0 radical (unpaired) electrons. The van der Waals surface area contributed by atoms with Crippen LogP contribution in [0.3, 0.4) is 0 Å². The Morgan fingerprint density at radius 3 is 2.16 bits per heavy atom. The molecular weight excluding hydrogens is 395 g/mol. The lowest BCUT2D eigenvalue weighted by atomic mass is 10.0. The molecule has 0 bridgehead atoms. The highest BCUT2D eigenvalue weighted by Gasteiger charge is 2.32. The first-order valence-electron chi connectivity index (χ1n) is 10.2. The number of aromatic nitrogens is 1. The molecule has 1 aliphatic heterocycles. The molecule has 31 heavy (non-hydrogen) atoms. The Kier molecular flexibility index (Phi) is 6.33. The molecule has 1 atom stereocenters. The second kappa shape index (κ2) is 9.49. The summed E-state index contributed by atoms with van der Waals surface area (Å²) in [6, 6.07) is 18.2. The summed E-state index contributed by atoms with van der Waals surface area (Å²) in [5.41, 5.74) is 2.02. The fourth-order valence-corrected chi connectivity index (χ4v) is 3.77. The van der Waals surface area contributed by atoms with Crippen molar-refractivity contribution in [2.24, 2.45) is 0 Å². The minimum atomic E-state index is -0.510. The van der Waals surface area contributed by atoms with E-state index in [1.165, 1.54) is 12.1 Å². The van der Waals surface area contributed by atoms with Gasteiger partial charge in [-0.25, -0.2) is 4.39 Å². The van der Waals surface area contributed by atoms with Crippen molar-refractivity contribution in [3.8, 4) is 0 Å². The predicted octanol–water partition coefficient (Wildman–Crippen LogP) is 3.36. The molecule has 0 aliphatic carbocycles. The zero-order chi connectivity index (χ0) is 21.6. The monoisotopic (exact) mass is 418 g/mol. The number of carbonyl (C=O) groups is 2. The van der Waals surface area contributed by atoms with E-state index < -0.39 is 6.04 Å². The number of hydrogen-bond acceptors (Lipinski definition) is 4. The summed E-state index contributed by atoms with van der Waals surface area (Å²) in [5, 5.41) is 2.89. The molecule has 1 saturated heterocycles. The van der Waals surface area contributed by atoms with E-state index in [-0.39, 0.29) is 17.6 Å². The Hall–Kier alpha value is -3.58. The molecular formula is C24H23FN4O2. The molecule has 4 rings (SSSR count). The molecule has 1 N–H and O–H groups in total. The topological polar surface area (TPSA) is 65.5 Å². The highest BCUT2D eigenvalue weighted by Crippen LogP contribution is 2.25. The van der Waals surface area contributed by atoms with Gasteiger partial charge < -0.3 is 10.2 Å². The van der Waals surface area contributed by atoms with Crippen LogP contribution in [0.4, 0.5) is 10.1 Å². The number of rotatable bonds is 5. The maximum Gasteiger partial charge on any atom is 0.254 e. The van der Waals surface area contributed by atoms with Gasteiger partial charge in [-0.05, 0) is 42.0 Å². The number of anilines is 1. The summed E-state index contributed by atoms with van der Waals surface area (Å²) in [6.07, 6.45) is 3.21. The first-order valence-corrected chi connectivity index (χ1v) is 10.2. The first-order chi connectivity index (χ1) is 15.1. The molecule has 1 fully saturated rings. The van der Waals surface area contributed by atoms with E-state index in [0.717, 1.165) is 5.56 Å². The molecule has 1 aliphatic rings. The normalized spacial score (nSPS) is 15.3. The van der Waals surface area contributed by atoms with E-state index in [0.29, 0.717) is 37.4 Å². The van der Waals surface area contributed by atoms with Crippen LogP contribution in [0.15, 0.2) is 79.1 Å². The summed E-state index contributed by atoms with van der Waals surface area (Å²) in [4.78, 5) is 33.7. The zero-order valence-electron chi connectivity index (χ0n) is 16.9. The van der Waals surface area contributed by atoms with Crippen LogP contribution in [0.1, 0.15) is 22.0 Å². The number of nitrogens with zero attached hydrogens (tertiary/aromatic N) is 3. The molecule has 0 spiro atoms. The van der Waals surface area contributed by atoms with Crippen molar-refractivity contribution in [3.05, 3.63) is 96.1 Å². The molecule has 0 saturated carbocycles. The van der Waals surface area contributed by atoms with Crippen LogP contribution in [0.2, 0.25) is 0 Å². The molecule has 3 aromatic rings. The number of hydrogen-bond donors (Lipinski definition) is 1. The lowest BCUT2D eigenvalue weighted by molar-refractivity contribution is -0.122. The molecule has 7 heteroatoms. The number of amides is 2. The first kappa shape index (κ1) is 20.7. The molecule has 2 heterocycles. The largest absolute Gasteiger partial charge is 0.336 e. The van der Waals surface area contributed by atoms with Gasteiger partial charge in [0.15, 0.2) is 0 Å². The number of nitrogens with one attached hydrogen (secondary N) is 1. The Labute approximate surface area is 180 Å². The fraction of sp³-hybridized carbons (Fsp3) is 0.208. The summed E-state index contributed by atoms with van der Waals surface area (Å²) < 4.78 is 13.2. The lowest BCUT2D eigenvalue weighted by Gasteiger charge is -2.38. The smallest absolute Gasteiger partial charge is 0.254 e. The molecule has 1 aromatic heterocycles. The van der Waals surface area contributed by atoms with Crippen molar-refractivity contribution in [1.82, 2.24) is 14.8 Å². The van der Waals surface area contributed by atoms with Crippen LogP contribution in [0.25, 0.3) is 0 Å². The second-order valence-electron chi connectivity index (χ2n) is 7.37. The van der Waals surface area contributed by atoms with Crippen LogP contribution in [0.5, 0.6) is 0 Å². The van der Waals surface area contributed by atoms with E-state index in [9.17, 15) is 14.0 Å². The minimum Gasteiger partial charge on any atom is -0.336 e. The number of halogens is 1. The van der Waals surface area contributed by atoms with Gasteiger partial charge >= 0.3 is 0 Å². The number of carbonyl (C=O) groups excluding carboxylic acids is 2. The standard InChI is InChI=1S/C24H23FN4O2/c25-20-6-8-21(9-7-20)27-23(30)22(18-4-2-1-3-5-18)28-14-16-29(17-15-28)24(31)19-10-12-26-13-11-19/h1-13,22H,14-17H2,(H,27,30)/t22-/m0/s1. The van der Waals surface area contributed by atoms with Crippen molar-refractivity contribution >= 4 is 17.5 Å². The third kappa shape index (κ3) is 4.95. The Morgan fingerprint density at radius 2 is 1.52 bits per heavy atom. The lowest BCUT2D eigenvalue weighted by Crippen LogP contribution is -2.51. The van der Waals surface area contributed by atoms with Gasteiger partial charge in [0.1, 0.15) is 11.9 Å². The van der Waals surface area contributed by atoms with Gasteiger partial charge in [-0.2, -0.15) is 0 Å². The van der Waals surface area contributed by atoms with Crippen molar-refractivity contribution < 1.29 is 14.0 Å². The number of piperazine rings is 1. The quantitative estimate of drug-likeness (QED) is 0.690.